The fourth-order valence-corrected chi connectivity index (χ4v) is 3.78. The maximum Gasteiger partial charge on any atom is 0.282 e. The number of nitrogens with zero attached hydrogens (tertiary/aromatic N) is 1. The molecule has 4 heteroatoms. The van der Waals surface area contributed by atoms with Crippen molar-refractivity contribution in [2.75, 3.05) is 5.01 Å². The predicted octanol–water partition coefficient (Wildman–Crippen LogP) is 4.76. The Hall–Kier alpha value is -3.92. The number of fused-ring (bicyclic) bond motifs is 2. The third-order valence-electron chi connectivity index (χ3n) is 5.29. The molecule has 1 saturated heterocycles. The van der Waals surface area contributed by atoms with Gasteiger partial charge in [0.05, 0.1) is 5.69 Å². The Bertz CT molecular complexity index is 1270. The van der Waals surface area contributed by atoms with Crippen LogP contribution in [0, 0.1) is 6.92 Å². The van der Waals surface area contributed by atoms with Gasteiger partial charge >= 0.3 is 0 Å². The molecule has 4 aromatic carbocycles. The Morgan fingerprint density at radius 1 is 0.793 bits per heavy atom. The number of rotatable bonds is 2. The number of amides is 2. The van der Waals surface area contributed by atoms with E-state index in [0.717, 1.165) is 32.7 Å². The van der Waals surface area contributed by atoms with E-state index in [-0.39, 0.29) is 11.5 Å². The minimum Gasteiger partial charge on any atom is -0.267 e. The average Bonchev–Trinajstić information content (AvgIpc) is 3.02. The SMILES string of the molecule is Cc1ccc(N2NC(=O)C(=Cc3c4ccccc4cc4ccccc34)C2=O)cc1. The van der Waals surface area contributed by atoms with Crippen LogP contribution in [-0.2, 0) is 9.59 Å². The van der Waals surface area contributed by atoms with Crippen LogP contribution in [0.1, 0.15) is 11.1 Å². The van der Waals surface area contributed by atoms with Gasteiger partial charge in [-0.15, -0.1) is 0 Å². The molecule has 0 unspecified atom stereocenters. The van der Waals surface area contributed by atoms with Gasteiger partial charge in [0, 0.05) is 0 Å². The molecular weight excluding hydrogens is 360 g/mol. The summed E-state index contributed by atoms with van der Waals surface area (Å²) in [5.74, 6) is -0.747. The second-order valence-corrected chi connectivity index (χ2v) is 7.21. The van der Waals surface area contributed by atoms with Crippen molar-refractivity contribution in [2.45, 2.75) is 6.92 Å². The molecule has 5 rings (SSSR count). The first-order valence-electron chi connectivity index (χ1n) is 9.46. The summed E-state index contributed by atoms with van der Waals surface area (Å²) < 4.78 is 0. The molecular formula is C25H18N2O2. The van der Waals surface area contributed by atoms with Crippen molar-refractivity contribution in [1.82, 2.24) is 5.43 Å². The van der Waals surface area contributed by atoms with E-state index in [0.29, 0.717) is 5.69 Å². The summed E-state index contributed by atoms with van der Waals surface area (Å²) in [7, 11) is 0. The van der Waals surface area contributed by atoms with Crippen LogP contribution in [0.2, 0.25) is 0 Å². The molecule has 1 aliphatic rings. The van der Waals surface area contributed by atoms with Gasteiger partial charge in [-0.3, -0.25) is 15.0 Å². The predicted molar refractivity (Wildman–Crippen MR) is 116 cm³/mol. The minimum absolute atomic E-state index is 0.132. The topological polar surface area (TPSA) is 49.4 Å². The van der Waals surface area contributed by atoms with Gasteiger partial charge in [0.1, 0.15) is 5.57 Å². The van der Waals surface area contributed by atoms with Crippen molar-refractivity contribution in [3.63, 3.8) is 0 Å². The number of nitrogens with one attached hydrogen (secondary N) is 1. The summed E-state index contributed by atoms with van der Waals surface area (Å²) in [6.45, 7) is 1.98. The molecule has 1 fully saturated rings. The largest absolute Gasteiger partial charge is 0.282 e. The molecule has 4 nitrogen and oxygen atoms in total. The number of anilines is 1. The van der Waals surface area contributed by atoms with Crippen LogP contribution < -0.4 is 10.4 Å². The number of carbonyl (C=O) groups is 2. The molecule has 1 heterocycles. The van der Waals surface area contributed by atoms with Gasteiger partial charge in [0.2, 0.25) is 0 Å². The highest BCUT2D eigenvalue weighted by atomic mass is 16.2. The summed E-state index contributed by atoms with van der Waals surface area (Å²) in [6, 6.07) is 25.6. The van der Waals surface area contributed by atoms with E-state index < -0.39 is 5.91 Å². The molecule has 0 saturated carbocycles. The van der Waals surface area contributed by atoms with Crippen molar-refractivity contribution < 1.29 is 9.59 Å². The summed E-state index contributed by atoms with van der Waals surface area (Å²) in [6.07, 6.45) is 1.72. The lowest BCUT2D eigenvalue weighted by atomic mass is 9.95. The Labute approximate surface area is 168 Å². The van der Waals surface area contributed by atoms with Crippen LogP contribution in [-0.4, -0.2) is 11.8 Å². The molecule has 0 atom stereocenters. The maximum absolute atomic E-state index is 13.1. The van der Waals surface area contributed by atoms with Gasteiger partial charge in [0.25, 0.3) is 11.8 Å². The smallest absolute Gasteiger partial charge is 0.267 e. The number of hydrazine groups is 1. The van der Waals surface area contributed by atoms with E-state index in [1.165, 1.54) is 5.01 Å². The molecule has 0 aliphatic carbocycles. The first-order valence-corrected chi connectivity index (χ1v) is 9.46. The molecule has 0 aromatic heterocycles. The monoisotopic (exact) mass is 378 g/mol. The highest BCUT2D eigenvalue weighted by molar-refractivity contribution is 6.32. The fraction of sp³-hybridized carbons (Fsp3) is 0.0400. The van der Waals surface area contributed by atoms with Gasteiger partial charge in [-0.05, 0) is 58.3 Å². The Morgan fingerprint density at radius 3 is 2.00 bits per heavy atom. The standard InChI is InChI=1S/C25H18N2O2/c1-16-10-12-19(13-11-16)27-25(29)23(24(28)26-27)15-22-20-8-4-2-6-17(20)14-18-7-3-5-9-21(18)22/h2-15H,1H3,(H,26,28). The number of hydrogen-bond acceptors (Lipinski definition) is 2. The zero-order valence-corrected chi connectivity index (χ0v) is 15.8. The Morgan fingerprint density at radius 2 is 1.38 bits per heavy atom. The van der Waals surface area contributed by atoms with Gasteiger partial charge in [-0.2, -0.15) is 0 Å². The van der Waals surface area contributed by atoms with E-state index in [2.05, 4.69) is 11.5 Å². The molecule has 0 radical (unpaired) electrons. The van der Waals surface area contributed by atoms with E-state index in [9.17, 15) is 9.59 Å². The van der Waals surface area contributed by atoms with E-state index in [4.69, 9.17) is 0 Å². The summed E-state index contributed by atoms with van der Waals surface area (Å²) >= 11 is 0. The highest BCUT2D eigenvalue weighted by Gasteiger charge is 2.34. The average molecular weight is 378 g/mol. The highest BCUT2D eigenvalue weighted by Crippen LogP contribution is 2.31. The Kier molecular flexibility index (Phi) is 3.91. The minimum atomic E-state index is -0.396. The zero-order valence-electron chi connectivity index (χ0n) is 15.8. The number of aryl methyl sites for hydroxylation is 1. The maximum atomic E-state index is 13.1. The van der Waals surface area contributed by atoms with Crippen molar-refractivity contribution >= 4 is 45.1 Å². The van der Waals surface area contributed by atoms with Crippen molar-refractivity contribution in [1.29, 1.82) is 0 Å². The van der Waals surface area contributed by atoms with Gasteiger partial charge in [0.15, 0.2) is 0 Å². The molecule has 4 aromatic rings. The normalized spacial score (nSPS) is 15.5. The molecule has 2 amide bonds. The van der Waals surface area contributed by atoms with Crippen LogP contribution in [0.5, 0.6) is 0 Å². The van der Waals surface area contributed by atoms with Crippen LogP contribution in [0.25, 0.3) is 27.6 Å². The third-order valence-corrected chi connectivity index (χ3v) is 5.29. The van der Waals surface area contributed by atoms with Crippen LogP contribution in [0.15, 0.2) is 84.4 Å². The molecule has 140 valence electrons. The van der Waals surface area contributed by atoms with Crippen molar-refractivity contribution in [2.24, 2.45) is 0 Å². The number of benzene rings is 4. The first-order chi connectivity index (χ1) is 14.1. The number of carbonyl (C=O) groups excluding carboxylic acids is 2. The quantitative estimate of drug-likeness (QED) is 0.310. The molecule has 1 N–H and O–H groups in total. The zero-order chi connectivity index (χ0) is 20.0. The molecule has 29 heavy (non-hydrogen) atoms. The molecule has 1 aliphatic heterocycles. The lowest BCUT2D eigenvalue weighted by molar-refractivity contribution is -0.117. The second-order valence-electron chi connectivity index (χ2n) is 7.21. The lowest BCUT2D eigenvalue weighted by Crippen LogP contribution is -2.35. The van der Waals surface area contributed by atoms with E-state index in [1.54, 1.807) is 6.08 Å². The van der Waals surface area contributed by atoms with Crippen LogP contribution in [0.4, 0.5) is 5.69 Å². The second kappa shape index (κ2) is 6.60. The molecule has 0 bridgehead atoms. The van der Waals surface area contributed by atoms with Crippen LogP contribution in [0.3, 0.4) is 0 Å². The van der Waals surface area contributed by atoms with Gasteiger partial charge in [-0.1, -0.05) is 66.2 Å². The number of hydrogen-bond donors (Lipinski definition) is 1. The van der Waals surface area contributed by atoms with Crippen molar-refractivity contribution in [3.8, 4) is 0 Å². The summed E-state index contributed by atoms with van der Waals surface area (Å²) in [5.41, 5.74) is 5.42. The first kappa shape index (κ1) is 17.2. The Balaban J connectivity index is 1.68. The van der Waals surface area contributed by atoms with Gasteiger partial charge < -0.3 is 0 Å². The lowest BCUT2D eigenvalue weighted by Gasteiger charge is -2.14. The van der Waals surface area contributed by atoms with Crippen LogP contribution >= 0.6 is 0 Å². The molecule has 0 spiro atoms. The summed E-state index contributed by atoms with van der Waals surface area (Å²) in [5, 5.41) is 5.46. The fourth-order valence-electron chi connectivity index (χ4n) is 3.78. The summed E-state index contributed by atoms with van der Waals surface area (Å²) in [4.78, 5) is 25.7. The van der Waals surface area contributed by atoms with Gasteiger partial charge in [-0.25, -0.2) is 5.01 Å². The third kappa shape index (κ3) is 2.86. The van der Waals surface area contributed by atoms with E-state index in [1.807, 2.05) is 79.7 Å². The van der Waals surface area contributed by atoms with E-state index >= 15 is 0 Å². The van der Waals surface area contributed by atoms with Crippen molar-refractivity contribution in [3.05, 3.63) is 95.6 Å².